The molecule has 3 heteroatoms. The highest BCUT2D eigenvalue weighted by Gasteiger charge is 2.57. The molecule has 20 heavy (non-hydrogen) atoms. The van der Waals surface area contributed by atoms with Crippen molar-refractivity contribution in [1.82, 2.24) is 5.32 Å². The van der Waals surface area contributed by atoms with E-state index in [2.05, 4.69) is 45.5 Å². The van der Waals surface area contributed by atoms with Gasteiger partial charge >= 0.3 is 0 Å². The van der Waals surface area contributed by atoms with E-state index in [0.717, 1.165) is 18.3 Å². The Labute approximate surface area is 128 Å². The van der Waals surface area contributed by atoms with Crippen LogP contribution in [0.25, 0.3) is 0 Å². The van der Waals surface area contributed by atoms with Gasteiger partial charge in [0.15, 0.2) is 0 Å². The molecule has 0 saturated heterocycles. The third kappa shape index (κ3) is 2.02. The molecule has 0 aliphatic heterocycles. The number of amides is 1. The summed E-state index contributed by atoms with van der Waals surface area (Å²) in [6.07, 6.45) is 4.83. The Balaban J connectivity index is 1.43. The number of hydrogen-bond donors (Lipinski definition) is 1. The van der Waals surface area contributed by atoms with Gasteiger partial charge in [0.2, 0.25) is 5.91 Å². The maximum Gasteiger partial charge on any atom is 0.224 e. The molecule has 0 aromatic heterocycles. The van der Waals surface area contributed by atoms with Crippen molar-refractivity contribution in [1.29, 1.82) is 0 Å². The van der Waals surface area contributed by atoms with E-state index in [1.54, 1.807) is 0 Å². The molecule has 0 bridgehead atoms. The lowest BCUT2D eigenvalue weighted by Crippen LogP contribution is -2.32. The summed E-state index contributed by atoms with van der Waals surface area (Å²) in [7, 11) is 0. The van der Waals surface area contributed by atoms with Gasteiger partial charge in [0, 0.05) is 17.8 Å². The number of carbonyl (C=O) groups excluding carboxylic acids is 1. The Bertz CT molecular complexity index is 552. The molecule has 4 rings (SSSR count). The molecule has 0 radical (unpaired) electrons. The molecule has 106 valence electrons. The van der Waals surface area contributed by atoms with Crippen LogP contribution in [0, 0.1) is 17.3 Å². The lowest BCUT2D eigenvalue weighted by atomic mass is 9.92. The molecule has 3 aliphatic carbocycles. The summed E-state index contributed by atoms with van der Waals surface area (Å²) in [6, 6.07) is 8.67. The molecule has 2 fully saturated rings. The molecule has 2 nitrogen and oxygen atoms in total. The van der Waals surface area contributed by atoms with Crippen LogP contribution in [-0.2, 0) is 11.2 Å². The van der Waals surface area contributed by atoms with Crippen molar-refractivity contribution >= 4 is 21.8 Å². The molecule has 0 spiro atoms. The standard InChI is InChI=1S/C17H20BrNO/c18-9-17(7-8-17)10-19-16(20)15-13-6-5-11-3-1-2-4-12(11)14(13)15/h1-4,13-15H,5-10H2,(H,19,20). The summed E-state index contributed by atoms with van der Waals surface area (Å²) >= 11 is 3.57. The predicted molar refractivity (Wildman–Crippen MR) is 83.0 cm³/mol. The quantitative estimate of drug-likeness (QED) is 0.842. The number of benzene rings is 1. The molecule has 3 aliphatic rings. The molecule has 3 unspecified atom stereocenters. The van der Waals surface area contributed by atoms with Crippen LogP contribution in [0.1, 0.15) is 36.3 Å². The van der Waals surface area contributed by atoms with Crippen LogP contribution in [0.4, 0.5) is 0 Å². The monoisotopic (exact) mass is 333 g/mol. The number of rotatable bonds is 4. The summed E-state index contributed by atoms with van der Waals surface area (Å²) in [5, 5.41) is 4.23. The molecule has 0 heterocycles. The highest BCUT2D eigenvalue weighted by atomic mass is 79.9. The Morgan fingerprint density at radius 1 is 1.35 bits per heavy atom. The maximum absolute atomic E-state index is 12.4. The van der Waals surface area contributed by atoms with Gasteiger partial charge in [0.1, 0.15) is 0 Å². The summed E-state index contributed by atoms with van der Waals surface area (Å²) in [6.45, 7) is 0.856. The fraction of sp³-hybridized carbons (Fsp3) is 0.588. The average molecular weight is 334 g/mol. The number of nitrogens with one attached hydrogen (secondary N) is 1. The number of aryl methyl sites for hydroxylation is 1. The highest BCUT2D eigenvalue weighted by molar-refractivity contribution is 9.09. The second-order valence-electron chi connectivity index (χ2n) is 6.80. The fourth-order valence-electron chi connectivity index (χ4n) is 3.85. The summed E-state index contributed by atoms with van der Waals surface area (Å²) < 4.78 is 0. The second-order valence-corrected chi connectivity index (χ2v) is 7.37. The lowest BCUT2D eigenvalue weighted by molar-refractivity contribution is -0.122. The summed E-state index contributed by atoms with van der Waals surface area (Å²) in [5.74, 6) is 1.64. The predicted octanol–water partition coefficient (Wildman–Crippen LogP) is 3.25. The first-order valence-electron chi connectivity index (χ1n) is 7.66. The van der Waals surface area contributed by atoms with Crippen molar-refractivity contribution < 1.29 is 4.79 Å². The number of carbonyl (C=O) groups is 1. The first-order chi connectivity index (χ1) is 9.74. The van der Waals surface area contributed by atoms with Crippen molar-refractivity contribution in [3.8, 4) is 0 Å². The first-order valence-corrected chi connectivity index (χ1v) is 8.78. The number of halogens is 1. The summed E-state index contributed by atoms with van der Waals surface area (Å²) in [4.78, 5) is 12.4. The van der Waals surface area contributed by atoms with Crippen molar-refractivity contribution in [3.63, 3.8) is 0 Å². The zero-order valence-electron chi connectivity index (χ0n) is 11.6. The lowest BCUT2D eigenvalue weighted by Gasteiger charge is -2.13. The highest BCUT2D eigenvalue weighted by Crippen LogP contribution is 2.60. The smallest absolute Gasteiger partial charge is 0.224 e. The van der Waals surface area contributed by atoms with Gasteiger partial charge in [0.25, 0.3) is 0 Å². The largest absolute Gasteiger partial charge is 0.355 e. The Kier molecular flexibility index (Phi) is 2.95. The van der Waals surface area contributed by atoms with E-state index in [1.807, 2.05) is 0 Å². The Hall–Kier alpha value is -0.830. The van der Waals surface area contributed by atoms with Gasteiger partial charge < -0.3 is 5.32 Å². The molecule has 1 N–H and O–H groups in total. The van der Waals surface area contributed by atoms with Crippen LogP contribution in [0.3, 0.4) is 0 Å². The van der Waals surface area contributed by atoms with Gasteiger partial charge in [-0.2, -0.15) is 0 Å². The topological polar surface area (TPSA) is 29.1 Å². The zero-order valence-corrected chi connectivity index (χ0v) is 13.2. The molecular weight excluding hydrogens is 314 g/mol. The van der Waals surface area contributed by atoms with Gasteiger partial charge in [0.05, 0.1) is 0 Å². The van der Waals surface area contributed by atoms with Gasteiger partial charge in [-0.25, -0.2) is 0 Å². The minimum absolute atomic E-state index is 0.241. The van der Waals surface area contributed by atoms with Crippen molar-refractivity contribution in [2.75, 3.05) is 11.9 Å². The van der Waals surface area contributed by atoms with E-state index in [9.17, 15) is 4.79 Å². The van der Waals surface area contributed by atoms with E-state index in [0.29, 0.717) is 23.2 Å². The third-order valence-corrected chi connectivity index (χ3v) is 6.70. The Morgan fingerprint density at radius 2 is 2.15 bits per heavy atom. The number of hydrogen-bond acceptors (Lipinski definition) is 1. The van der Waals surface area contributed by atoms with Crippen molar-refractivity contribution in [3.05, 3.63) is 35.4 Å². The third-order valence-electron chi connectivity index (χ3n) is 5.51. The molecular formula is C17H20BrNO. The van der Waals surface area contributed by atoms with Gasteiger partial charge in [-0.3, -0.25) is 4.79 Å². The fourth-order valence-corrected chi connectivity index (χ4v) is 4.61. The van der Waals surface area contributed by atoms with E-state index in [4.69, 9.17) is 0 Å². The van der Waals surface area contributed by atoms with Crippen LogP contribution in [0.5, 0.6) is 0 Å². The normalized spacial score (nSPS) is 31.9. The SMILES string of the molecule is O=C(NCC1(CBr)CC1)C1C2CCc3ccccc3C21. The zero-order chi connectivity index (χ0) is 13.7. The molecule has 2 saturated carbocycles. The van der Waals surface area contributed by atoms with Crippen LogP contribution < -0.4 is 5.32 Å². The van der Waals surface area contributed by atoms with Crippen LogP contribution >= 0.6 is 15.9 Å². The molecule has 1 aromatic rings. The minimum atomic E-state index is 0.241. The van der Waals surface area contributed by atoms with Crippen LogP contribution in [-0.4, -0.2) is 17.8 Å². The van der Waals surface area contributed by atoms with Gasteiger partial charge in [-0.05, 0) is 54.1 Å². The van der Waals surface area contributed by atoms with Gasteiger partial charge in [-0.1, -0.05) is 40.2 Å². The minimum Gasteiger partial charge on any atom is -0.355 e. The average Bonchev–Trinajstić information content (AvgIpc) is 3.39. The molecule has 1 aromatic carbocycles. The maximum atomic E-state index is 12.4. The van der Waals surface area contributed by atoms with E-state index >= 15 is 0 Å². The summed E-state index contributed by atoms with van der Waals surface area (Å²) in [5.41, 5.74) is 3.27. The number of alkyl halides is 1. The Morgan fingerprint density at radius 3 is 2.90 bits per heavy atom. The molecule has 1 amide bonds. The van der Waals surface area contributed by atoms with Gasteiger partial charge in [-0.15, -0.1) is 0 Å². The van der Waals surface area contributed by atoms with E-state index in [1.165, 1.54) is 30.4 Å². The first kappa shape index (κ1) is 12.9. The van der Waals surface area contributed by atoms with Crippen molar-refractivity contribution in [2.24, 2.45) is 17.3 Å². The van der Waals surface area contributed by atoms with Crippen LogP contribution in [0.15, 0.2) is 24.3 Å². The van der Waals surface area contributed by atoms with Crippen LogP contribution in [0.2, 0.25) is 0 Å². The van der Waals surface area contributed by atoms with Crippen molar-refractivity contribution in [2.45, 2.75) is 31.6 Å². The van der Waals surface area contributed by atoms with E-state index < -0.39 is 0 Å². The molecule has 3 atom stereocenters. The number of fused-ring (bicyclic) bond motifs is 3. The second kappa shape index (κ2) is 4.59. The van der Waals surface area contributed by atoms with E-state index in [-0.39, 0.29) is 5.92 Å².